The second kappa shape index (κ2) is 7.04. The molecule has 8 heteroatoms. The van der Waals surface area contributed by atoms with Crippen LogP contribution < -0.4 is 10.1 Å². The minimum atomic E-state index is -4.70. The molecule has 0 radical (unpaired) electrons. The highest BCUT2D eigenvalue weighted by Crippen LogP contribution is 2.24. The summed E-state index contributed by atoms with van der Waals surface area (Å²) in [7, 11) is 1.49. The first-order valence-corrected chi connectivity index (χ1v) is 7.20. The van der Waals surface area contributed by atoms with Gasteiger partial charge in [0.1, 0.15) is 5.75 Å². The summed E-state index contributed by atoms with van der Waals surface area (Å²) in [6, 6.07) is 6.60. The number of hydrogen-bond donors (Lipinski definition) is 2. The van der Waals surface area contributed by atoms with Crippen molar-refractivity contribution in [2.45, 2.75) is 25.6 Å². The Hall–Kier alpha value is -2.35. The number of aliphatic hydroxyl groups excluding tert-OH is 1. The van der Waals surface area contributed by atoms with Crippen LogP contribution in [-0.4, -0.2) is 41.9 Å². The van der Waals surface area contributed by atoms with Crippen LogP contribution >= 0.6 is 0 Å². The van der Waals surface area contributed by atoms with Crippen LogP contribution in [0.3, 0.4) is 0 Å². The monoisotopic (exact) mass is 342 g/mol. The molecular weight excluding hydrogens is 325 g/mol. The number of aryl methyl sites for hydroxylation is 1. The molecule has 0 aliphatic heterocycles. The Morgan fingerprint density at radius 2 is 2.08 bits per heavy atom. The van der Waals surface area contributed by atoms with Crippen molar-refractivity contribution in [3.8, 4) is 5.75 Å². The summed E-state index contributed by atoms with van der Waals surface area (Å²) in [5.41, 5.74) is 1.47. The van der Waals surface area contributed by atoms with Gasteiger partial charge in [-0.2, -0.15) is 13.2 Å². The molecule has 2 rings (SSSR count). The van der Waals surface area contributed by atoms with E-state index in [0.717, 1.165) is 0 Å². The zero-order chi connectivity index (χ0) is 17.9. The van der Waals surface area contributed by atoms with Crippen molar-refractivity contribution in [3.63, 3.8) is 0 Å². The lowest BCUT2D eigenvalue weighted by molar-refractivity contribution is -0.204. The predicted octanol–water partition coefficient (Wildman–Crippen LogP) is 2.59. The topological polar surface area (TPSA) is 71.5 Å². The van der Waals surface area contributed by atoms with Crippen LogP contribution in [0.15, 0.2) is 24.3 Å². The third-order valence-electron chi connectivity index (χ3n) is 3.47. The van der Waals surface area contributed by atoms with Gasteiger partial charge < -0.3 is 15.2 Å². The number of halogens is 3. The van der Waals surface area contributed by atoms with Crippen LogP contribution in [0.1, 0.15) is 22.5 Å². The molecule has 1 atom stereocenters. The smallest absolute Gasteiger partial charge is 0.414 e. The van der Waals surface area contributed by atoms with E-state index < -0.39 is 24.6 Å². The normalized spacial score (nSPS) is 12.9. The van der Waals surface area contributed by atoms with Gasteiger partial charge in [-0.25, -0.2) is 0 Å². The van der Waals surface area contributed by atoms with Crippen LogP contribution in [0, 0.1) is 6.92 Å². The third-order valence-corrected chi connectivity index (χ3v) is 3.47. The number of nitrogens with zero attached hydrogens (tertiary/aromatic N) is 1. The van der Waals surface area contributed by atoms with Crippen LogP contribution in [0.25, 0.3) is 10.9 Å². The van der Waals surface area contributed by atoms with Gasteiger partial charge in [-0.1, -0.05) is 0 Å². The highest BCUT2D eigenvalue weighted by atomic mass is 19.4. The average molecular weight is 342 g/mol. The van der Waals surface area contributed by atoms with Gasteiger partial charge in [0.05, 0.1) is 18.2 Å². The molecule has 1 amide bonds. The van der Waals surface area contributed by atoms with E-state index in [1.165, 1.54) is 7.11 Å². The highest BCUT2D eigenvalue weighted by molar-refractivity contribution is 6.06. The largest absolute Gasteiger partial charge is 0.497 e. The number of alkyl halides is 3. The minimum absolute atomic E-state index is 0.290. The molecule has 130 valence electrons. The lowest BCUT2D eigenvalue weighted by atomic mass is 10.1. The van der Waals surface area contributed by atoms with Gasteiger partial charge in [-0.05, 0) is 37.6 Å². The number of hydrogen-bond acceptors (Lipinski definition) is 4. The lowest BCUT2D eigenvalue weighted by Crippen LogP contribution is -2.34. The number of benzene rings is 1. The number of pyridine rings is 1. The van der Waals surface area contributed by atoms with Crippen molar-refractivity contribution >= 4 is 16.8 Å². The molecular formula is C16H17F3N2O3. The molecule has 1 unspecified atom stereocenters. The minimum Gasteiger partial charge on any atom is -0.497 e. The zero-order valence-electron chi connectivity index (χ0n) is 13.1. The quantitative estimate of drug-likeness (QED) is 0.876. The molecule has 0 bridgehead atoms. The Bertz CT molecular complexity index is 747. The van der Waals surface area contributed by atoms with Crippen LogP contribution in [0.4, 0.5) is 13.2 Å². The first kappa shape index (κ1) is 18.0. The van der Waals surface area contributed by atoms with E-state index in [4.69, 9.17) is 9.84 Å². The van der Waals surface area contributed by atoms with Gasteiger partial charge in [-0.15, -0.1) is 0 Å². The van der Waals surface area contributed by atoms with Gasteiger partial charge in [-0.3, -0.25) is 9.78 Å². The van der Waals surface area contributed by atoms with Crippen molar-refractivity contribution < 1.29 is 27.8 Å². The molecule has 1 aromatic carbocycles. The first-order chi connectivity index (χ1) is 11.2. The fourth-order valence-corrected chi connectivity index (χ4v) is 2.23. The summed E-state index contributed by atoms with van der Waals surface area (Å²) < 4.78 is 41.9. The molecule has 1 heterocycles. The number of ether oxygens (including phenoxy) is 1. The molecule has 0 saturated carbocycles. The lowest BCUT2D eigenvalue weighted by Gasteiger charge is -2.15. The Labute approximate surface area is 136 Å². The first-order valence-electron chi connectivity index (χ1n) is 7.20. The predicted molar refractivity (Wildman–Crippen MR) is 82.0 cm³/mol. The van der Waals surface area contributed by atoms with E-state index in [9.17, 15) is 18.0 Å². The SMILES string of the molecule is COc1ccc2nc(C)cc(C(=O)NCCC(O)C(F)(F)F)c2c1. The van der Waals surface area contributed by atoms with Crippen molar-refractivity contribution in [3.05, 3.63) is 35.5 Å². The summed E-state index contributed by atoms with van der Waals surface area (Å²) in [5, 5.41) is 11.9. The second-order valence-electron chi connectivity index (χ2n) is 5.30. The Kier molecular flexibility index (Phi) is 5.28. The number of methoxy groups -OCH3 is 1. The molecule has 2 aromatic rings. The van der Waals surface area contributed by atoms with Crippen LogP contribution in [0.2, 0.25) is 0 Å². The van der Waals surface area contributed by atoms with Gasteiger partial charge in [0.25, 0.3) is 5.91 Å². The maximum absolute atomic E-state index is 12.3. The van der Waals surface area contributed by atoms with E-state index in [-0.39, 0.29) is 12.1 Å². The molecule has 0 saturated heterocycles. The number of aliphatic hydroxyl groups is 1. The number of aromatic nitrogens is 1. The molecule has 0 fully saturated rings. The highest BCUT2D eigenvalue weighted by Gasteiger charge is 2.37. The Morgan fingerprint density at radius 1 is 1.38 bits per heavy atom. The number of fused-ring (bicyclic) bond motifs is 1. The maximum atomic E-state index is 12.3. The van der Waals surface area contributed by atoms with Crippen LogP contribution in [0.5, 0.6) is 5.75 Å². The Morgan fingerprint density at radius 3 is 2.71 bits per heavy atom. The van der Waals surface area contributed by atoms with Crippen molar-refractivity contribution in [2.24, 2.45) is 0 Å². The molecule has 2 N–H and O–H groups in total. The molecule has 5 nitrogen and oxygen atoms in total. The number of amides is 1. The number of carbonyl (C=O) groups is 1. The van der Waals surface area contributed by atoms with Crippen molar-refractivity contribution in [1.82, 2.24) is 10.3 Å². The zero-order valence-corrected chi connectivity index (χ0v) is 13.1. The van der Waals surface area contributed by atoms with E-state index in [0.29, 0.717) is 22.3 Å². The van der Waals surface area contributed by atoms with Crippen molar-refractivity contribution in [1.29, 1.82) is 0 Å². The number of nitrogens with one attached hydrogen (secondary N) is 1. The van der Waals surface area contributed by atoms with E-state index >= 15 is 0 Å². The second-order valence-corrected chi connectivity index (χ2v) is 5.30. The standard InChI is InChI=1S/C16H17F3N2O3/c1-9-7-12(11-8-10(24-2)3-4-13(11)21-9)15(23)20-6-5-14(22)16(17,18)19/h3-4,7-8,14,22H,5-6H2,1-2H3,(H,20,23). The number of rotatable bonds is 5. The fourth-order valence-electron chi connectivity index (χ4n) is 2.23. The van der Waals surface area contributed by atoms with Gasteiger partial charge in [0.2, 0.25) is 0 Å². The summed E-state index contributed by atoms with van der Waals surface area (Å²) in [4.78, 5) is 16.6. The summed E-state index contributed by atoms with van der Waals surface area (Å²) in [5.74, 6) is 0.00262. The summed E-state index contributed by atoms with van der Waals surface area (Å²) in [6.45, 7) is 1.42. The summed E-state index contributed by atoms with van der Waals surface area (Å²) in [6.07, 6.45) is -7.77. The molecule has 0 aliphatic rings. The summed E-state index contributed by atoms with van der Waals surface area (Å²) >= 11 is 0. The maximum Gasteiger partial charge on any atom is 0.414 e. The van der Waals surface area contributed by atoms with E-state index in [2.05, 4.69) is 10.3 Å². The average Bonchev–Trinajstić information content (AvgIpc) is 2.52. The molecule has 0 aliphatic carbocycles. The van der Waals surface area contributed by atoms with Gasteiger partial charge in [0.15, 0.2) is 6.10 Å². The molecule has 1 aromatic heterocycles. The molecule has 24 heavy (non-hydrogen) atoms. The van der Waals surface area contributed by atoms with Gasteiger partial charge >= 0.3 is 6.18 Å². The fraction of sp³-hybridized carbons (Fsp3) is 0.375. The third kappa shape index (κ3) is 4.14. The van der Waals surface area contributed by atoms with E-state index in [1.54, 1.807) is 31.2 Å². The number of carbonyl (C=O) groups excluding carboxylic acids is 1. The van der Waals surface area contributed by atoms with Crippen LogP contribution in [-0.2, 0) is 0 Å². The Balaban J connectivity index is 2.19. The molecule has 0 spiro atoms. The van der Waals surface area contributed by atoms with Gasteiger partial charge in [0, 0.05) is 17.6 Å². The van der Waals surface area contributed by atoms with Crippen molar-refractivity contribution in [2.75, 3.05) is 13.7 Å². The van der Waals surface area contributed by atoms with E-state index in [1.807, 2.05) is 0 Å².